The molecule has 0 fully saturated rings. The predicted octanol–water partition coefficient (Wildman–Crippen LogP) is 4.69. The molecule has 0 spiro atoms. The average molecular weight is 596 g/mol. The summed E-state index contributed by atoms with van der Waals surface area (Å²) in [6, 6.07) is 8.91. The topological polar surface area (TPSA) is 136 Å². The maximum atomic E-state index is 14.2. The van der Waals surface area contributed by atoms with E-state index in [-0.39, 0.29) is 16.8 Å². The van der Waals surface area contributed by atoms with E-state index in [1.54, 1.807) is 18.2 Å². The molecule has 0 heterocycles. The van der Waals surface area contributed by atoms with Gasteiger partial charge in [-0.1, -0.05) is 44.0 Å². The lowest BCUT2D eigenvalue weighted by molar-refractivity contribution is 0.0963. The van der Waals surface area contributed by atoms with Crippen LogP contribution in [0.5, 0.6) is 0 Å². The average Bonchev–Trinajstić information content (AvgIpc) is 2.73. The molecule has 0 aliphatic carbocycles. The zero-order chi connectivity index (χ0) is 25.2. The number of benzene rings is 3. The molecule has 0 unspecified atom stereocenters. The van der Waals surface area contributed by atoms with Crippen LogP contribution in [0.3, 0.4) is 0 Å². The van der Waals surface area contributed by atoms with Crippen molar-refractivity contribution in [3.63, 3.8) is 0 Å². The fourth-order valence-electron chi connectivity index (χ4n) is 3.14. The molecule has 3 aromatic carbocycles. The van der Waals surface area contributed by atoms with Crippen LogP contribution in [-0.4, -0.2) is 23.9 Å². The van der Waals surface area contributed by atoms with E-state index in [2.05, 4.69) is 31.9 Å². The molecule has 0 saturated carbocycles. The van der Waals surface area contributed by atoms with Gasteiger partial charge in [0, 0.05) is 14.5 Å². The normalized spacial score (nSPS) is 10.5. The summed E-state index contributed by atoms with van der Waals surface area (Å²) in [5, 5.41) is 1.94. The van der Waals surface area contributed by atoms with Crippen molar-refractivity contribution in [3.05, 3.63) is 86.3 Å². The smallest absolute Gasteiger partial charge is 0.326 e. The van der Waals surface area contributed by atoms with Gasteiger partial charge in [-0.05, 0) is 53.6 Å². The van der Waals surface area contributed by atoms with Gasteiger partial charge in [0.25, 0.3) is 11.8 Å². The standard InChI is InChI=1S/C22H14Br2F2N4O4/c23-10-4-6-12(15(24)8-10)14-9-11(5-7-13(14)19(31)29-21(27)33)30(22(28)34)20(32)18-16(25)2-1-3-17(18)26/h1-9H,(H2,28,34)(H3,27,29,31,33). The molecule has 0 bridgehead atoms. The van der Waals surface area contributed by atoms with E-state index in [1.807, 2.05) is 5.32 Å². The van der Waals surface area contributed by atoms with E-state index < -0.39 is 41.1 Å². The van der Waals surface area contributed by atoms with E-state index in [1.165, 1.54) is 12.1 Å². The third-order valence-electron chi connectivity index (χ3n) is 4.56. The van der Waals surface area contributed by atoms with Crippen LogP contribution in [0.2, 0.25) is 0 Å². The van der Waals surface area contributed by atoms with Crippen LogP contribution in [0.15, 0.2) is 63.5 Å². The number of carbonyl (C=O) groups excluding carboxylic acids is 4. The first-order valence-electron chi connectivity index (χ1n) is 9.29. The summed E-state index contributed by atoms with van der Waals surface area (Å²) >= 11 is 6.68. The number of nitrogens with one attached hydrogen (secondary N) is 1. The Morgan fingerprint density at radius 2 is 1.50 bits per heavy atom. The number of halogens is 4. The highest BCUT2D eigenvalue weighted by Gasteiger charge is 2.29. The number of nitrogens with two attached hydrogens (primary N) is 2. The van der Waals surface area contributed by atoms with E-state index in [9.17, 15) is 28.0 Å². The second kappa shape index (κ2) is 10.1. The van der Waals surface area contributed by atoms with Crippen LogP contribution in [0.25, 0.3) is 11.1 Å². The van der Waals surface area contributed by atoms with Crippen LogP contribution in [-0.2, 0) is 0 Å². The molecule has 0 atom stereocenters. The number of nitrogens with zero attached hydrogens (tertiary/aromatic N) is 1. The maximum absolute atomic E-state index is 14.2. The third-order valence-corrected chi connectivity index (χ3v) is 5.71. The molecule has 3 aromatic rings. The fourth-order valence-corrected chi connectivity index (χ4v) is 4.40. The summed E-state index contributed by atoms with van der Waals surface area (Å²) in [6.45, 7) is 0. The second-order valence-electron chi connectivity index (χ2n) is 6.75. The highest BCUT2D eigenvalue weighted by atomic mass is 79.9. The van der Waals surface area contributed by atoms with Crippen LogP contribution < -0.4 is 21.7 Å². The first-order valence-corrected chi connectivity index (χ1v) is 10.9. The Morgan fingerprint density at radius 1 is 0.853 bits per heavy atom. The minimum atomic E-state index is -1.35. The van der Waals surface area contributed by atoms with Gasteiger partial charge in [0.05, 0.1) is 5.69 Å². The number of hydrogen-bond acceptors (Lipinski definition) is 4. The van der Waals surface area contributed by atoms with Gasteiger partial charge in [0.1, 0.15) is 17.2 Å². The molecule has 5 N–H and O–H groups in total. The summed E-state index contributed by atoms with van der Waals surface area (Å²) in [4.78, 5) is 49.3. The summed E-state index contributed by atoms with van der Waals surface area (Å²) in [5.41, 5.74) is 9.80. The van der Waals surface area contributed by atoms with Crippen molar-refractivity contribution >= 4 is 61.4 Å². The van der Waals surface area contributed by atoms with E-state index in [0.717, 1.165) is 24.3 Å². The van der Waals surface area contributed by atoms with Crippen LogP contribution in [0.4, 0.5) is 24.1 Å². The lowest BCUT2D eigenvalue weighted by Crippen LogP contribution is -2.42. The van der Waals surface area contributed by atoms with Crippen LogP contribution >= 0.6 is 31.9 Å². The van der Waals surface area contributed by atoms with E-state index >= 15 is 0 Å². The van der Waals surface area contributed by atoms with Crippen molar-refractivity contribution in [2.75, 3.05) is 4.90 Å². The maximum Gasteiger partial charge on any atom is 0.326 e. The highest BCUT2D eigenvalue weighted by molar-refractivity contribution is 9.11. The molecule has 0 aromatic heterocycles. The van der Waals surface area contributed by atoms with Gasteiger partial charge in [-0.15, -0.1) is 0 Å². The Hall–Kier alpha value is -3.64. The Bertz CT molecular complexity index is 1330. The van der Waals surface area contributed by atoms with Crippen LogP contribution in [0.1, 0.15) is 20.7 Å². The van der Waals surface area contributed by atoms with Crippen molar-refractivity contribution in [2.24, 2.45) is 11.5 Å². The zero-order valence-corrected chi connectivity index (χ0v) is 20.1. The molecule has 34 heavy (non-hydrogen) atoms. The van der Waals surface area contributed by atoms with Crippen molar-refractivity contribution < 1.29 is 28.0 Å². The molecule has 174 valence electrons. The van der Waals surface area contributed by atoms with Gasteiger partial charge in [-0.25, -0.2) is 23.3 Å². The minimum Gasteiger partial charge on any atom is -0.351 e. The Kier molecular flexibility index (Phi) is 7.42. The Balaban J connectivity index is 2.23. The number of hydrogen-bond donors (Lipinski definition) is 3. The molecule has 0 aliphatic heterocycles. The van der Waals surface area contributed by atoms with E-state index in [4.69, 9.17) is 11.5 Å². The summed E-state index contributed by atoms with van der Waals surface area (Å²) < 4.78 is 29.6. The van der Waals surface area contributed by atoms with Gasteiger partial charge in [-0.2, -0.15) is 0 Å². The molecule has 0 radical (unpaired) electrons. The highest BCUT2D eigenvalue weighted by Crippen LogP contribution is 2.36. The third kappa shape index (κ3) is 5.13. The van der Waals surface area contributed by atoms with Gasteiger partial charge < -0.3 is 11.5 Å². The predicted molar refractivity (Wildman–Crippen MR) is 127 cm³/mol. The first-order chi connectivity index (χ1) is 16.0. The lowest BCUT2D eigenvalue weighted by Gasteiger charge is -2.21. The molecule has 3 rings (SSSR count). The summed E-state index contributed by atoms with van der Waals surface area (Å²) in [6.07, 6.45) is 0. The number of urea groups is 2. The van der Waals surface area contributed by atoms with Crippen molar-refractivity contribution in [1.82, 2.24) is 5.32 Å². The SMILES string of the molecule is NC(=O)NC(=O)c1ccc(N(C(N)=O)C(=O)c2c(F)cccc2F)cc1-c1ccc(Br)cc1Br. The van der Waals surface area contributed by atoms with Crippen molar-refractivity contribution in [2.45, 2.75) is 0 Å². The number of rotatable bonds is 4. The Labute approximate surface area is 208 Å². The van der Waals surface area contributed by atoms with Gasteiger partial charge >= 0.3 is 12.1 Å². The number of carbonyl (C=O) groups is 4. The summed E-state index contributed by atoms with van der Waals surface area (Å²) in [7, 11) is 0. The second-order valence-corrected chi connectivity index (χ2v) is 8.52. The summed E-state index contributed by atoms with van der Waals surface area (Å²) in [5.74, 6) is -4.59. The molecular formula is C22H14Br2F2N4O4. The number of imide groups is 2. The first kappa shape index (κ1) is 25.0. The molecule has 6 amide bonds. The number of anilines is 1. The van der Waals surface area contributed by atoms with E-state index in [0.29, 0.717) is 19.4 Å². The molecular weight excluding hydrogens is 582 g/mol. The fraction of sp³-hybridized carbons (Fsp3) is 0. The quantitative estimate of drug-likeness (QED) is 0.403. The molecule has 12 heteroatoms. The molecule has 0 aliphatic rings. The van der Waals surface area contributed by atoms with Crippen molar-refractivity contribution in [1.29, 1.82) is 0 Å². The number of primary amides is 2. The Morgan fingerprint density at radius 3 is 2.06 bits per heavy atom. The van der Waals surface area contributed by atoms with Gasteiger partial charge in [0.15, 0.2) is 0 Å². The largest absolute Gasteiger partial charge is 0.351 e. The zero-order valence-electron chi connectivity index (χ0n) is 16.9. The minimum absolute atomic E-state index is 0.0421. The van der Waals surface area contributed by atoms with Crippen LogP contribution in [0, 0.1) is 11.6 Å². The number of amides is 6. The molecule has 0 saturated heterocycles. The lowest BCUT2D eigenvalue weighted by atomic mass is 9.97. The van der Waals surface area contributed by atoms with Crippen molar-refractivity contribution in [3.8, 4) is 11.1 Å². The van der Waals surface area contributed by atoms with Gasteiger partial charge in [0.2, 0.25) is 0 Å². The monoisotopic (exact) mass is 594 g/mol. The molecule has 8 nitrogen and oxygen atoms in total. The van der Waals surface area contributed by atoms with Gasteiger partial charge in [-0.3, -0.25) is 14.9 Å².